The molecule has 24 heavy (non-hydrogen) atoms. The number of rotatable bonds is 1. The number of aliphatic hydroxyl groups excluding tert-OH is 1. The number of aliphatic hydroxyl groups is 2. The highest BCUT2D eigenvalue weighted by Gasteiger charge is 2.65. The van der Waals surface area contributed by atoms with Crippen molar-refractivity contribution >= 4 is 5.78 Å². The van der Waals surface area contributed by atoms with Gasteiger partial charge in [0.05, 0.1) is 6.10 Å². The van der Waals surface area contributed by atoms with Crippen molar-refractivity contribution in [1.29, 1.82) is 0 Å². The lowest BCUT2D eigenvalue weighted by Gasteiger charge is -2.58. The second kappa shape index (κ2) is 5.17. The Kier molecular flexibility index (Phi) is 3.61. The monoisotopic (exact) mass is 332 g/mol. The normalized spacial score (nSPS) is 53.6. The van der Waals surface area contributed by atoms with Crippen molar-refractivity contribution in [2.75, 3.05) is 0 Å². The van der Waals surface area contributed by atoms with Crippen LogP contribution in [0.2, 0.25) is 0 Å². The topological polar surface area (TPSA) is 57.5 Å². The van der Waals surface area contributed by atoms with Crippen LogP contribution in [0.1, 0.15) is 72.1 Å². The van der Waals surface area contributed by atoms with E-state index in [0.29, 0.717) is 24.2 Å². The van der Waals surface area contributed by atoms with Gasteiger partial charge >= 0.3 is 0 Å². The number of ketones is 1. The fraction of sp³-hybridized carbons (Fsp3) is 0.857. The SMILES string of the molecule is CC(=O)[C@]1(O)CC[C@@H]2[C@@H]3CC=C4C[C@H](O)CC[C@]4(C)[C@@H]3CC[C@]21C. The Labute approximate surface area is 145 Å². The molecule has 0 aromatic rings. The van der Waals surface area contributed by atoms with E-state index >= 15 is 0 Å². The van der Waals surface area contributed by atoms with Gasteiger partial charge in [0.2, 0.25) is 0 Å². The standard InChI is InChI=1S/C21H32O3/c1-13(22)21(24)11-8-18-16-5-4-14-12-15(23)6-9-19(14,2)17(16)7-10-20(18,21)3/h4,15-18,23-24H,5-12H2,1-3H3/t15-,16-,17-,18-,19+,20-,21-/m1/s1. The molecule has 0 aliphatic heterocycles. The van der Waals surface area contributed by atoms with Gasteiger partial charge in [-0.3, -0.25) is 4.79 Å². The lowest BCUT2D eigenvalue weighted by molar-refractivity contribution is -0.159. The molecule has 3 fully saturated rings. The minimum absolute atomic E-state index is 0.0370. The van der Waals surface area contributed by atoms with Gasteiger partial charge in [-0.1, -0.05) is 25.5 Å². The van der Waals surface area contributed by atoms with Crippen LogP contribution in [0.4, 0.5) is 0 Å². The highest BCUT2D eigenvalue weighted by atomic mass is 16.3. The summed E-state index contributed by atoms with van der Waals surface area (Å²) in [6.45, 7) is 6.16. The Hall–Kier alpha value is -0.670. The highest BCUT2D eigenvalue weighted by Crippen LogP contribution is 2.67. The van der Waals surface area contributed by atoms with E-state index in [4.69, 9.17) is 0 Å². The molecular weight excluding hydrogens is 300 g/mol. The van der Waals surface area contributed by atoms with Crippen LogP contribution in [0.25, 0.3) is 0 Å². The molecule has 3 saturated carbocycles. The molecule has 4 aliphatic carbocycles. The molecule has 2 N–H and O–H groups in total. The van der Waals surface area contributed by atoms with Crippen LogP contribution in [0.5, 0.6) is 0 Å². The van der Waals surface area contributed by atoms with Gasteiger partial charge in [0.15, 0.2) is 5.78 Å². The number of fused-ring (bicyclic) bond motifs is 5. The molecule has 4 aliphatic rings. The van der Waals surface area contributed by atoms with Crippen molar-refractivity contribution in [1.82, 2.24) is 0 Å². The van der Waals surface area contributed by atoms with E-state index in [1.165, 1.54) is 5.57 Å². The van der Waals surface area contributed by atoms with E-state index in [2.05, 4.69) is 19.9 Å². The second-order valence-electron chi connectivity index (χ2n) is 9.57. The summed E-state index contributed by atoms with van der Waals surface area (Å²) >= 11 is 0. The minimum atomic E-state index is -1.11. The molecule has 7 atom stereocenters. The lowest BCUT2D eigenvalue weighted by Crippen LogP contribution is -2.56. The van der Waals surface area contributed by atoms with E-state index in [1.54, 1.807) is 6.92 Å². The molecule has 0 bridgehead atoms. The zero-order valence-electron chi connectivity index (χ0n) is 15.3. The molecule has 0 spiro atoms. The van der Waals surface area contributed by atoms with Crippen LogP contribution in [0.3, 0.4) is 0 Å². The predicted octanol–water partition coefficient (Wildman–Crippen LogP) is 3.63. The third-order valence-corrected chi connectivity index (χ3v) is 8.81. The van der Waals surface area contributed by atoms with Gasteiger partial charge in [0.25, 0.3) is 0 Å². The fourth-order valence-corrected chi connectivity index (χ4v) is 7.24. The molecular formula is C21H32O3. The van der Waals surface area contributed by atoms with Gasteiger partial charge in [0.1, 0.15) is 5.60 Å². The molecule has 0 unspecified atom stereocenters. The third-order valence-electron chi connectivity index (χ3n) is 8.81. The van der Waals surface area contributed by atoms with Crippen molar-refractivity contribution in [2.45, 2.75) is 83.8 Å². The molecule has 0 aromatic heterocycles. The van der Waals surface area contributed by atoms with Crippen LogP contribution >= 0.6 is 0 Å². The van der Waals surface area contributed by atoms with Gasteiger partial charge in [0, 0.05) is 5.41 Å². The summed E-state index contributed by atoms with van der Waals surface area (Å²) in [5, 5.41) is 21.2. The Bertz CT molecular complexity index is 596. The molecule has 0 amide bonds. The Morgan fingerprint density at radius 3 is 2.54 bits per heavy atom. The van der Waals surface area contributed by atoms with E-state index in [1.807, 2.05) is 0 Å². The number of carbonyl (C=O) groups excluding carboxylic acids is 1. The highest BCUT2D eigenvalue weighted by molar-refractivity contribution is 5.86. The summed E-state index contributed by atoms with van der Waals surface area (Å²) in [5.74, 6) is 1.65. The Morgan fingerprint density at radius 1 is 1.12 bits per heavy atom. The Balaban J connectivity index is 1.69. The summed E-state index contributed by atoms with van der Waals surface area (Å²) in [6, 6.07) is 0. The van der Waals surface area contributed by atoms with Gasteiger partial charge in [-0.05, 0) is 81.5 Å². The van der Waals surface area contributed by atoms with E-state index < -0.39 is 5.60 Å². The van der Waals surface area contributed by atoms with Gasteiger partial charge in [-0.25, -0.2) is 0 Å². The Morgan fingerprint density at radius 2 is 1.83 bits per heavy atom. The van der Waals surface area contributed by atoms with E-state index in [0.717, 1.165) is 44.9 Å². The first-order valence-corrected chi connectivity index (χ1v) is 9.83. The summed E-state index contributed by atoms with van der Waals surface area (Å²) in [4.78, 5) is 12.2. The van der Waals surface area contributed by atoms with Crippen LogP contribution in [0, 0.1) is 28.6 Å². The molecule has 0 aromatic carbocycles. The first-order valence-electron chi connectivity index (χ1n) is 9.83. The van der Waals surface area contributed by atoms with Gasteiger partial charge < -0.3 is 10.2 Å². The molecule has 0 radical (unpaired) electrons. The summed E-state index contributed by atoms with van der Waals surface area (Å²) in [5.41, 5.74) is 0.331. The summed E-state index contributed by atoms with van der Waals surface area (Å²) < 4.78 is 0. The van der Waals surface area contributed by atoms with Crippen LogP contribution in [-0.2, 0) is 4.79 Å². The minimum Gasteiger partial charge on any atom is -0.393 e. The summed E-state index contributed by atoms with van der Waals surface area (Å²) in [7, 11) is 0. The first-order chi connectivity index (χ1) is 11.2. The average molecular weight is 332 g/mol. The zero-order valence-corrected chi connectivity index (χ0v) is 15.3. The molecule has 134 valence electrons. The summed E-state index contributed by atoms with van der Waals surface area (Å²) in [6.07, 6.45) is 9.84. The smallest absolute Gasteiger partial charge is 0.161 e. The van der Waals surface area contributed by atoms with Crippen molar-refractivity contribution in [2.24, 2.45) is 28.6 Å². The van der Waals surface area contributed by atoms with Crippen molar-refractivity contribution in [3.05, 3.63) is 11.6 Å². The van der Waals surface area contributed by atoms with Crippen molar-refractivity contribution in [3.63, 3.8) is 0 Å². The number of allylic oxidation sites excluding steroid dienone is 1. The van der Waals surface area contributed by atoms with Crippen LogP contribution < -0.4 is 0 Å². The molecule has 4 rings (SSSR count). The molecule has 3 nitrogen and oxygen atoms in total. The third kappa shape index (κ3) is 1.94. The van der Waals surface area contributed by atoms with Gasteiger partial charge in [-0.2, -0.15) is 0 Å². The van der Waals surface area contributed by atoms with Crippen LogP contribution in [-0.4, -0.2) is 27.7 Å². The maximum Gasteiger partial charge on any atom is 0.161 e. The maximum absolute atomic E-state index is 12.2. The van der Waals surface area contributed by atoms with Crippen LogP contribution in [0.15, 0.2) is 11.6 Å². The molecule has 3 heteroatoms. The quantitative estimate of drug-likeness (QED) is 0.721. The number of hydrogen-bond donors (Lipinski definition) is 2. The van der Waals surface area contributed by atoms with Crippen molar-refractivity contribution < 1.29 is 15.0 Å². The average Bonchev–Trinajstić information content (AvgIpc) is 2.81. The molecule has 0 heterocycles. The second-order valence-corrected chi connectivity index (χ2v) is 9.57. The van der Waals surface area contributed by atoms with E-state index in [9.17, 15) is 15.0 Å². The maximum atomic E-state index is 12.2. The van der Waals surface area contributed by atoms with E-state index in [-0.39, 0.29) is 22.7 Å². The number of hydrogen-bond acceptors (Lipinski definition) is 3. The number of carbonyl (C=O) groups is 1. The largest absolute Gasteiger partial charge is 0.393 e. The zero-order chi connectivity index (χ0) is 17.3. The first kappa shape index (κ1) is 16.8. The predicted molar refractivity (Wildman–Crippen MR) is 93.3 cm³/mol. The lowest BCUT2D eigenvalue weighted by atomic mass is 9.47. The van der Waals surface area contributed by atoms with Gasteiger partial charge in [-0.15, -0.1) is 0 Å². The molecule has 0 saturated heterocycles. The van der Waals surface area contributed by atoms with Crippen molar-refractivity contribution in [3.8, 4) is 0 Å². The fourth-order valence-electron chi connectivity index (χ4n) is 7.24. The number of Topliss-reactive ketones (excluding diaryl/α,β-unsaturated/α-hetero) is 1.